The minimum Gasteiger partial charge on any atom is -0.452 e. The quantitative estimate of drug-likeness (QED) is 0.522. The van der Waals surface area contributed by atoms with Crippen molar-refractivity contribution in [1.29, 1.82) is 0 Å². The number of hydrogen-bond acceptors (Lipinski definition) is 3. The van der Waals surface area contributed by atoms with Gasteiger partial charge in [0.15, 0.2) is 11.9 Å². The summed E-state index contributed by atoms with van der Waals surface area (Å²) in [5, 5.41) is 10.1. The highest BCUT2D eigenvalue weighted by atomic mass is 16.6. The molecule has 57 valence electrons. The molecule has 0 saturated heterocycles. The van der Waals surface area contributed by atoms with Crippen LogP contribution in [-0.2, 0) is 19.4 Å². The van der Waals surface area contributed by atoms with E-state index in [2.05, 4.69) is 4.74 Å². The van der Waals surface area contributed by atoms with Gasteiger partial charge >= 0.3 is 5.97 Å². The molecular weight excluding hydrogens is 136 g/mol. The van der Waals surface area contributed by atoms with Gasteiger partial charge in [-0.25, -0.2) is 5.11 Å². The Morgan fingerprint density at radius 1 is 1.40 bits per heavy atom. The fourth-order valence-corrected chi connectivity index (χ4v) is 0.435. The molecule has 0 rings (SSSR count). The largest absolute Gasteiger partial charge is 0.452 e. The van der Waals surface area contributed by atoms with Gasteiger partial charge in [-0.3, -0.25) is 9.59 Å². The number of esters is 1. The van der Waals surface area contributed by atoms with E-state index < -0.39 is 24.5 Å². The molecule has 0 aromatic rings. The van der Waals surface area contributed by atoms with Gasteiger partial charge in [-0.1, -0.05) is 0 Å². The Morgan fingerprint density at radius 2 is 1.90 bits per heavy atom. The van der Waals surface area contributed by atoms with Gasteiger partial charge in [0, 0.05) is 6.92 Å². The highest BCUT2D eigenvalue weighted by molar-refractivity contribution is 5.83. The summed E-state index contributed by atoms with van der Waals surface area (Å²) >= 11 is 0. The van der Waals surface area contributed by atoms with Gasteiger partial charge in [0.2, 0.25) is 0 Å². The van der Waals surface area contributed by atoms with Gasteiger partial charge in [0.25, 0.3) is 0 Å². The molecule has 0 aliphatic heterocycles. The molecule has 0 amide bonds. The fraction of sp³-hybridized carbons (Fsp3) is 0.667. The van der Waals surface area contributed by atoms with Gasteiger partial charge < -0.3 is 4.74 Å². The molecule has 1 radical (unpaired) electrons. The van der Waals surface area contributed by atoms with Gasteiger partial charge in [-0.05, 0) is 6.92 Å². The second-order valence-electron chi connectivity index (χ2n) is 1.88. The number of rotatable bonds is 3. The van der Waals surface area contributed by atoms with Crippen molar-refractivity contribution in [2.75, 3.05) is 6.61 Å². The first-order valence-corrected chi connectivity index (χ1v) is 2.83. The van der Waals surface area contributed by atoms with Crippen molar-refractivity contribution < 1.29 is 19.4 Å². The molecule has 0 spiro atoms. The number of carbonyl (C=O) groups excluding carboxylic acids is 2. The fourth-order valence-electron chi connectivity index (χ4n) is 0.435. The third kappa shape index (κ3) is 3.19. The Labute approximate surface area is 58.8 Å². The molecule has 0 bridgehead atoms. The maximum absolute atomic E-state index is 10.4. The minimum absolute atomic E-state index is 0.412. The molecule has 1 atom stereocenters. The lowest BCUT2D eigenvalue weighted by Gasteiger charge is -2.08. The average molecular weight is 145 g/mol. The first-order chi connectivity index (χ1) is 4.57. The van der Waals surface area contributed by atoms with E-state index in [1.54, 1.807) is 0 Å². The van der Waals surface area contributed by atoms with Crippen LogP contribution in [0.4, 0.5) is 0 Å². The van der Waals surface area contributed by atoms with Crippen molar-refractivity contribution in [1.82, 2.24) is 0 Å². The van der Waals surface area contributed by atoms with Crippen molar-refractivity contribution in [3.63, 3.8) is 0 Å². The van der Waals surface area contributed by atoms with Crippen LogP contribution < -0.4 is 0 Å². The molecule has 0 saturated carbocycles. The molecule has 4 nitrogen and oxygen atoms in total. The molecule has 0 aliphatic rings. The Kier molecular flexibility index (Phi) is 3.64. The van der Waals surface area contributed by atoms with E-state index in [9.17, 15) is 14.7 Å². The number of Topliss-reactive ketones (excluding diaryl/α,β-unsaturated/α-hetero) is 1. The first kappa shape index (κ1) is 9.10. The van der Waals surface area contributed by atoms with Crippen molar-refractivity contribution in [3.05, 3.63) is 0 Å². The van der Waals surface area contributed by atoms with Crippen LogP contribution in [-0.4, -0.2) is 24.5 Å². The van der Waals surface area contributed by atoms with Crippen molar-refractivity contribution in [2.24, 2.45) is 0 Å². The van der Waals surface area contributed by atoms with Crippen LogP contribution in [0.5, 0.6) is 0 Å². The smallest absolute Gasteiger partial charge is 0.303 e. The van der Waals surface area contributed by atoms with Crippen LogP contribution in [0.15, 0.2) is 0 Å². The Bertz CT molecular complexity index is 141. The van der Waals surface area contributed by atoms with Gasteiger partial charge in [-0.2, -0.15) is 0 Å². The third-order valence-corrected chi connectivity index (χ3v) is 0.913. The van der Waals surface area contributed by atoms with Gasteiger partial charge in [0.05, 0.1) is 0 Å². The Balaban J connectivity index is 3.83. The molecule has 0 heterocycles. The summed E-state index contributed by atoms with van der Waals surface area (Å²) < 4.78 is 4.36. The maximum Gasteiger partial charge on any atom is 0.303 e. The summed E-state index contributed by atoms with van der Waals surface area (Å²) in [6.45, 7) is 1.67. The second kappa shape index (κ2) is 4.00. The van der Waals surface area contributed by atoms with Crippen molar-refractivity contribution in [2.45, 2.75) is 20.0 Å². The van der Waals surface area contributed by atoms with Crippen molar-refractivity contribution in [3.8, 4) is 0 Å². The predicted octanol–water partition coefficient (Wildman–Crippen LogP) is -0.0624. The number of ketones is 1. The zero-order chi connectivity index (χ0) is 8.15. The van der Waals surface area contributed by atoms with E-state index in [0.717, 1.165) is 6.92 Å². The summed E-state index contributed by atoms with van der Waals surface area (Å²) in [7, 11) is 0. The zero-order valence-corrected chi connectivity index (χ0v) is 5.92. The van der Waals surface area contributed by atoms with Crippen LogP contribution in [0, 0.1) is 0 Å². The van der Waals surface area contributed by atoms with E-state index in [1.807, 2.05) is 0 Å². The Morgan fingerprint density at radius 3 is 2.00 bits per heavy atom. The summed E-state index contributed by atoms with van der Waals surface area (Å²) in [6.07, 6.45) is -1.10. The first-order valence-electron chi connectivity index (χ1n) is 2.83. The monoisotopic (exact) mass is 145 g/mol. The van der Waals surface area contributed by atoms with E-state index >= 15 is 0 Å². The molecule has 1 unspecified atom stereocenters. The lowest BCUT2D eigenvalue weighted by molar-refractivity contribution is -0.155. The second-order valence-corrected chi connectivity index (χ2v) is 1.88. The topological polar surface area (TPSA) is 63.3 Å². The SMILES string of the molecule is CC(=O)OC(C[O])C(C)=O. The van der Waals surface area contributed by atoms with E-state index in [4.69, 9.17) is 0 Å². The molecule has 10 heavy (non-hydrogen) atoms. The zero-order valence-electron chi connectivity index (χ0n) is 5.92. The predicted molar refractivity (Wildman–Crippen MR) is 31.8 cm³/mol. The van der Waals surface area contributed by atoms with Crippen LogP contribution >= 0.6 is 0 Å². The van der Waals surface area contributed by atoms with Crippen molar-refractivity contribution >= 4 is 11.8 Å². The Hall–Kier alpha value is -0.900. The van der Waals surface area contributed by atoms with E-state index in [0.29, 0.717) is 0 Å². The molecule has 4 heteroatoms. The number of carbonyl (C=O) groups is 2. The van der Waals surface area contributed by atoms with E-state index in [-0.39, 0.29) is 0 Å². The lowest BCUT2D eigenvalue weighted by Crippen LogP contribution is -2.27. The average Bonchev–Trinajstić information content (AvgIpc) is 1.81. The molecule has 0 N–H and O–H groups in total. The number of hydrogen-bond donors (Lipinski definition) is 0. The lowest BCUT2D eigenvalue weighted by atomic mass is 10.3. The summed E-state index contributed by atoms with van der Waals surface area (Å²) in [4.78, 5) is 20.6. The molecule has 0 fully saturated rings. The maximum atomic E-state index is 10.4. The molecular formula is C6H9O4. The highest BCUT2D eigenvalue weighted by Crippen LogP contribution is 1.92. The molecule has 0 aromatic heterocycles. The highest BCUT2D eigenvalue weighted by Gasteiger charge is 2.15. The van der Waals surface area contributed by atoms with Gasteiger partial charge in [-0.15, -0.1) is 0 Å². The summed E-state index contributed by atoms with van der Waals surface area (Å²) in [5.41, 5.74) is 0. The molecule has 0 aromatic carbocycles. The van der Waals surface area contributed by atoms with Crippen LogP contribution in [0.2, 0.25) is 0 Å². The molecule has 0 aliphatic carbocycles. The van der Waals surface area contributed by atoms with Crippen LogP contribution in [0.1, 0.15) is 13.8 Å². The summed E-state index contributed by atoms with van der Waals surface area (Å²) in [5.74, 6) is -1.01. The normalized spacial score (nSPS) is 12.3. The van der Waals surface area contributed by atoms with Crippen LogP contribution in [0.3, 0.4) is 0 Å². The number of ether oxygens (including phenoxy) is 1. The standard InChI is InChI=1S/C6H9O4/c1-4(8)6(3-7)10-5(2)9/h6H,3H2,1-2H3. The summed E-state index contributed by atoms with van der Waals surface area (Å²) in [6, 6.07) is 0. The minimum atomic E-state index is -1.10. The van der Waals surface area contributed by atoms with E-state index in [1.165, 1.54) is 6.92 Å². The van der Waals surface area contributed by atoms with Crippen LogP contribution in [0.25, 0.3) is 0 Å². The third-order valence-electron chi connectivity index (χ3n) is 0.913. The van der Waals surface area contributed by atoms with Gasteiger partial charge in [0.1, 0.15) is 6.61 Å².